The zero-order valence-corrected chi connectivity index (χ0v) is 16.2. The molecule has 0 unspecified atom stereocenters. The Morgan fingerprint density at radius 3 is 2.57 bits per heavy atom. The molecule has 2 aromatic carbocycles. The summed E-state index contributed by atoms with van der Waals surface area (Å²) in [6, 6.07) is 12.5. The largest absolute Gasteiger partial charge is 0.482 e. The van der Waals surface area contributed by atoms with Gasteiger partial charge in [-0.3, -0.25) is 14.4 Å². The third-order valence-corrected chi connectivity index (χ3v) is 4.59. The summed E-state index contributed by atoms with van der Waals surface area (Å²) in [5.41, 5.74) is 2.93. The first-order valence-corrected chi connectivity index (χ1v) is 9.45. The van der Waals surface area contributed by atoms with Crippen LogP contribution < -0.4 is 15.0 Å². The number of ether oxygens (including phenoxy) is 1. The number of anilines is 2. The lowest BCUT2D eigenvalue weighted by molar-refractivity contribution is -0.121. The molecule has 6 nitrogen and oxygen atoms in total. The molecule has 1 aliphatic rings. The Kier molecular flexibility index (Phi) is 6.09. The van der Waals surface area contributed by atoms with E-state index in [1.807, 2.05) is 26.0 Å². The second-order valence-corrected chi connectivity index (χ2v) is 6.85. The van der Waals surface area contributed by atoms with E-state index in [4.69, 9.17) is 4.74 Å². The molecule has 0 radical (unpaired) electrons. The van der Waals surface area contributed by atoms with Crippen LogP contribution in [0.1, 0.15) is 42.1 Å². The van der Waals surface area contributed by atoms with E-state index in [-0.39, 0.29) is 37.0 Å². The predicted molar refractivity (Wildman–Crippen MR) is 108 cm³/mol. The van der Waals surface area contributed by atoms with Gasteiger partial charge in [0.2, 0.25) is 5.91 Å². The van der Waals surface area contributed by atoms with Crippen LogP contribution in [0.4, 0.5) is 11.4 Å². The number of nitrogens with zero attached hydrogens (tertiary/aromatic N) is 1. The number of fused-ring (bicyclic) bond motifs is 1. The number of nitrogens with one attached hydrogen (secondary N) is 1. The zero-order valence-electron chi connectivity index (χ0n) is 16.2. The summed E-state index contributed by atoms with van der Waals surface area (Å²) in [7, 11) is 0. The van der Waals surface area contributed by atoms with E-state index < -0.39 is 0 Å². The molecule has 28 heavy (non-hydrogen) atoms. The Balaban J connectivity index is 1.62. The molecule has 2 aromatic rings. The summed E-state index contributed by atoms with van der Waals surface area (Å²) in [6.07, 6.45) is 1.06. The maximum Gasteiger partial charge on any atom is 0.265 e. The van der Waals surface area contributed by atoms with Crippen LogP contribution in [0.25, 0.3) is 0 Å². The highest BCUT2D eigenvalue weighted by atomic mass is 16.5. The summed E-state index contributed by atoms with van der Waals surface area (Å²) in [5, 5.41) is 2.80. The molecule has 6 heteroatoms. The first-order valence-electron chi connectivity index (χ1n) is 9.45. The van der Waals surface area contributed by atoms with Crippen LogP contribution in [0.5, 0.6) is 5.75 Å². The molecule has 1 aliphatic heterocycles. The Labute approximate surface area is 164 Å². The van der Waals surface area contributed by atoms with Crippen LogP contribution >= 0.6 is 0 Å². The Morgan fingerprint density at radius 1 is 1.11 bits per heavy atom. The number of rotatable bonds is 7. The Morgan fingerprint density at radius 2 is 1.86 bits per heavy atom. The summed E-state index contributed by atoms with van der Waals surface area (Å²) in [6.45, 7) is 4.58. The van der Waals surface area contributed by atoms with Crippen molar-refractivity contribution in [2.24, 2.45) is 0 Å². The van der Waals surface area contributed by atoms with E-state index in [0.29, 0.717) is 29.2 Å². The van der Waals surface area contributed by atoms with Gasteiger partial charge in [-0.05, 0) is 31.5 Å². The van der Waals surface area contributed by atoms with Gasteiger partial charge in [0, 0.05) is 30.6 Å². The van der Waals surface area contributed by atoms with E-state index in [1.54, 1.807) is 35.2 Å². The average Bonchev–Trinajstić information content (AvgIpc) is 2.69. The minimum absolute atomic E-state index is 0.0276. The second-order valence-electron chi connectivity index (χ2n) is 6.85. The van der Waals surface area contributed by atoms with Crippen molar-refractivity contribution in [1.82, 2.24) is 0 Å². The number of benzene rings is 2. The number of hydrogen-bond donors (Lipinski definition) is 1. The van der Waals surface area contributed by atoms with Gasteiger partial charge in [-0.1, -0.05) is 36.8 Å². The minimum atomic E-state index is -0.245. The van der Waals surface area contributed by atoms with E-state index >= 15 is 0 Å². The number of Topliss-reactive ketones (excluding diaryl/α,β-unsaturated/α-hetero) is 1. The van der Waals surface area contributed by atoms with E-state index in [9.17, 15) is 14.4 Å². The third-order valence-electron chi connectivity index (χ3n) is 4.59. The Bertz CT molecular complexity index is 890. The number of ketones is 1. The fourth-order valence-electron chi connectivity index (χ4n) is 3.08. The van der Waals surface area contributed by atoms with Gasteiger partial charge in [-0.2, -0.15) is 0 Å². The molecular weight excluding hydrogens is 356 g/mol. The van der Waals surface area contributed by atoms with Gasteiger partial charge in [0.05, 0.1) is 5.69 Å². The molecule has 0 atom stereocenters. The maximum absolute atomic E-state index is 12.3. The molecule has 1 heterocycles. The normalized spacial score (nSPS) is 12.9. The fraction of sp³-hybridized carbons (Fsp3) is 0.318. The molecule has 0 fully saturated rings. The van der Waals surface area contributed by atoms with Gasteiger partial charge in [0.25, 0.3) is 5.91 Å². The smallest absolute Gasteiger partial charge is 0.265 e. The van der Waals surface area contributed by atoms with Gasteiger partial charge >= 0.3 is 0 Å². The SMILES string of the molecule is CCCN1C(=O)COc2ccc(NC(=O)CCC(=O)c3ccc(C)cc3)cc21. The fourth-order valence-corrected chi connectivity index (χ4v) is 3.08. The van der Waals surface area contributed by atoms with Crippen LogP contribution in [0, 0.1) is 6.92 Å². The molecule has 0 saturated carbocycles. The lowest BCUT2D eigenvalue weighted by Gasteiger charge is -2.29. The molecule has 0 aromatic heterocycles. The molecule has 0 saturated heterocycles. The number of hydrogen-bond acceptors (Lipinski definition) is 4. The number of carbonyl (C=O) groups excluding carboxylic acids is 3. The standard InChI is InChI=1S/C22H24N2O4/c1-3-12-24-18-13-17(8-10-20(18)28-14-22(24)27)23-21(26)11-9-19(25)16-6-4-15(2)5-7-16/h4-8,10,13H,3,9,11-12,14H2,1-2H3,(H,23,26). The minimum Gasteiger partial charge on any atom is -0.482 e. The molecule has 0 bridgehead atoms. The molecular formula is C22H24N2O4. The molecule has 0 spiro atoms. The first-order chi connectivity index (χ1) is 13.5. The van der Waals surface area contributed by atoms with Crippen molar-refractivity contribution in [2.45, 2.75) is 33.1 Å². The van der Waals surface area contributed by atoms with E-state index in [0.717, 1.165) is 12.0 Å². The van der Waals surface area contributed by atoms with Crippen molar-refractivity contribution in [2.75, 3.05) is 23.4 Å². The van der Waals surface area contributed by atoms with Gasteiger partial charge in [0.1, 0.15) is 5.75 Å². The summed E-state index contributed by atoms with van der Waals surface area (Å²) >= 11 is 0. The topological polar surface area (TPSA) is 75.7 Å². The summed E-state index contributed by atoms with van der Waals surface area (Å²) in [5.74, 6) is 0.223. The molecule has 2 amide bonds. The van der Waals surface area contributed by atoms with Crippen molar-refractivity contribution < 1.29 is 19.1 Å². The quantitative estimate of drug-likeness (QED) is 0.743. The zero-order chi connectivity index (χ0) is 20.1. The van der Waals surface area contributed by atoms with Crippen molar-refractivity contribution in [3.05, 3.63) is 53.6 Å². The van der Waals surface area contributed by atoms with E-state index in [2.05, 4.69) is 5.32 Å². The van der Waals surface area contributed by atoms with Crippen molar-refractivity contribution in [3.63, 3.8) is 0 Å². The highest BCUT2D eigenvalue weighted by Gasteiger charge is 2.25. The number of amides is 2. The average molecular weight is 380 g/mol. The van der Waals surface area contributed by atoms with Gasteiger partial charge in [-0.25, -0.2) is 0 Å². The lowest BCUT2D eigenvalue weighted by Crippen LogP contribution is -2.39. The van der Waals surface area contributed by atoms with Gasteiger partial charge in [-0.15, -0.1) is 0 Å². The third kappa shape index (κ3) is 4.57. The highest BCUT2D eigenvalue weighted by molar-refractivity contribution is 6.01. The van der Waals surface area contributed by atoms with Crippen molar-refractivity contribution in [1.29, 1.82) is 0 Å². The number of carbonyl (C=O) groups is 3. The second kappa shape index (κ2) is 8.69. The molecule has 3 rings (SSSR count). The van der Waals surface area contributed by atoms with E-state index in [1.165, 1.54) is 0 Å². The van der Waals surface area contributed by atoms with Gasteiger partial charge < -0.3 is 15.0 Å². The lowest BCUT2D eigenvalue weighted by atomic mass is 10.0. The van der Waals surface area contributed by atoms with Crippen LogP contribution in [0.2, 0.25) is 0 Å². The first kappa shape index (κ1) is 19.6. The van der Waals surface area contributed by atoms with Gasteiger partial charge in [0.15, 0.2) is 12.4 Å². The predicted octanol–water partition coefficient (Wildman–Crippen LogP) is 3.73. The van der Waals surface area contributed by atoms with Crippen LogP contribution in [0.15, 0.2) is 42.5 Å². The molecule has 146 valence electrons. The Hall–Kier alpha value is -3.15. The summed E-state index contributed by atoms with van der Waals surface area (Å²) in [4.78, 5) is 38.2. The van der Waals surface area contributed by atoms with Crippen LogP contribution in [-0.2, 0) is 9.59 Å². The number of aryl methyl sites for hydroxylation is 1. The van der Waals surface area contributed by atoms with Crippen molar-refractivity contribution in [3.8, 4) is 5.75 Å². The van der Waals surface area contributed by atoms with Crippen LogP contribution in [-0.4, -0.2) is 30.7 Å². The summed E-state index contributed by atoms with van der Waals surface area (Å²) < 4.78 is 5.46. The molecule has 1 N–H and O–H groups in total. The van der Waals surface area contributed by atoms with Crippen LogP contribution in [0.3, 0.4) is 0 Å². The highest BCUT2D eigenvalue weighted by Crippen LogP contribution is 2.34. The monoisotopic (exact) mass is 380 g/mol. The van der Waals surface area contributed by atoms with Crippen molar-refractivity contribution >= 4 is 29.0 Å². The molecule has 0 aliphatic carbocycles. The maximum atomic E-state index is 12.3.